The minimum atomic E-state index is 0.529. The zero-order valence-corrected chi connectivity index (χ0v) is 12.0. The molecule has 0 amide bonds. The second kappa shape index (κ2) is 6.80. The molecule has 0 saturated heterocycles. The molecule has 0 bridgehead atoms. The highest BCUT2D eigenvalue weighted by Crippen LogP contribution is 2.30. The Hall–Kier alpha value is -0.820. The molecule has 0 heterocycles. The van der Waals surface area contributed by atoms with Gasteiger partial charge in [-0.25, -0.2) is 0 Å². The molecule has 0 saturated carbocycles. The molecule has 1 unspecified atom stereocenters. The molecule has 0 aliphatic rings. The Bertz CT molecular complexity index is 301. The van der Waals surface area contributed by atoms with Crippen LogP contribution in [0.25, 0.3) is 0 Å². The number of hydrogen-bond donors (Lipinski definition) is 0. The van der Waals surface area contributed by atoms with Gasteiger partial charge in [-0.2, -0.15) is 0 Å². The van der Waals surface area contributed by atoms with Crippen LogP contribution in [0.3, 0.4) is 0 Å². The summed E-state index contributed by atoms with van der Waals surface area (Å²) in [5.74, 6) is 0.642. The van der Waals surface area contributed by atoms with E-state index in [0.29, 0.717) is 18.0 Å². The van der Waals surface area contributed by atoms with Crippen LogP contribution in [0, 0.1) is 5.92 Å². The summed E-state index contributed by atoms with van der Waals surface area (Å²) in [4.78, 5) is 2.56. The first kappa shape index (κ1) is 14.2. The van der Waals surface area contributed by atoms with E-state index >= 15 is 0 Å². The third kappa shape index (κ3) is 3.57. The molecule has 0 spiro atoms. The van der Waals surface area contributed by atoms with Crippen molar-refractivity contribution in [2.24, 2.45) is 5.92 Å². The number of rotatable bonds is 6. The predicted molar refractivity (Wildman–Crippen MR) is 76.2 cm³/mol. The van der Waals surface area contributed by atoms with E-state index in [1.807, 2.05) is 0 Å². The molecule has 1 heteroatoms. The van der Waals surface area contributed by atoms with E-state index in [2.05, 4.69) is 70.0 Å². The first-order valence-electron chi connectivity index (χ1n) is 6.88. The number of nitrogens with zero attached hydrogens (tertiary/aromatic N) is 1. The maximum Gasteiger partial charge on any atom is 0.0370 e. The van der Waals surface area contributed by atoms with E-state index in [9.17, 15) is 0 Å². The van der Waals surface area contributed by atoms with E-state index in [1.54, 1.807) is 0 Å². The van der Waals surface area contributed by atoms with Gasteiger partial charge in [0.15, 0.2) is 0 Å². The summed E-state index contributed by atoms with van der Waals surface area (Å²) in [6, 6.07) is 12.1. The van der Waals surface area contributed by atoms with Crippen LogP contribution in [0.15, 0.2) is 30.3 Å². The highest BCUT2D eigenvalue weighted by molar-refractivity contribution is 5.19. The standard InChI is InChI=1S/C16H27N/c1-6-15(7-2)17(5)16(13(3)4)14-11-9-8-10-12-14/h8-13,15-16H,6-7H2,1-5H3. The molecule has 1 aromatic rings. The van der Waals surface area contributed by atoms with Gasteiger partial charge < -0.3 is 0 Å². The molecular weight excluding hydrogens is 206 g/mol. The molecule has 1 atom stereocenters. The molecule has 0 radical (unpaired) electrons. The Morgan fingerprint density at radius 2 is 1.53 bits per heavy atom. The topological polar surface area (TPSA) is 3.24 Å². The molecule has 0 N–H and O–H groups in total. The third-order valence-electron chi connectivity index (χ3n) is 3.73. The Morgan fingerprint density at radius 1 is 1.00 bits per heavy atom. The first-order chi connectivity index (χ1) is 8.11. The van der Waals surface area contributed by atoms with Crippen LogP contribution in [0.1, 0.15) is 52.1 Å². The SMILES string of the molecule is CCC(CC)N(C)C(c1ccccc1)C(C)C. The minimum absolute atomic E-state index is 0.529. The van der Waals surface area contributed by atoms with Crippen LogP contribution in [-0.4, -0.2) is 18.0 Å². The lowest BCUT2D eigenvalue weighted by molar-refractivity contribution is 0.128. The zero-order chi connectivity index (χ0) is 12.8. The van der Waals surface area contributed by atoms with Crippen molar-refractivity contribution in [2.75, 3.05) is 7.05 Å². The van der Waals surface area contributed by atoms with Gasteiger partial charge in [0.1, 0.15) is 0 Å². The maximum absolute atomic E-state index is 2.56. The minimum Gasteiger partial charge on any atom is -0.296 e. The van der Waals surface area contributed by atoms with Gasteiger partial charge in [-0.1, -0.05) is 58.0 Å². The van der Waals surface area contributed by atoms with Crippen LogP contribution in [-0.2, 0) is 0 Å². The molecule has 0 aliphatic heterocycles. The number of benzene rings is 1. The van der Waals surface area contributed by atoms with Crippen molar-refractivity contribution in [1.82, 2.24) is 4.90 Å². The monoisotopic (exact) mass is 233 g/mol. The highest BCUT2D eigenvalue weighted by atomic mass is 15.2. The summed E-state index contributed by atoms with van der Waals surface area (Å²) in [5.41, 5.74) is 1.44. The molecule has 0 aromatic heterocycles. The van der Waals surface area contributed by atoms with Gasteiger partial charge in [-0.05, 0) is 31.4 Å². The van der Waals surface area contributed by atoms with Crippen molar-refractivity contribution in [3.63, 3.8) is 0 Å². The van der Waals surface area contributed by atoms with Crippen molar-refractivity contribution >= 4 is 0 Å². The smallest absolute Gasteiger partial charge is 0.0370 e. The molecular formula is C16H27N. The maximum atomic E-state index is 2.56. The summed E-state index contributed by atoms with van der Waals surface area (Å²) in [6.45, 7) is 9.20. The van der Waals surface area contributed by atoms with Crippen LogP contribution >= 0.6 is 0 Å². The fourth-order valence-electron chi connectivity index (χ4n) is 2.83. The van der Waals surface area contributed by atoms with Crippen molar-refractivity contribution < 1.29 is 0 Å². The average Bonchev–Trinajstić information content (AvgIpc) is 2.31. The summed E-state index contributed by atoms with van der Waals surface area (Å²) in [7, 11) is 2.27. The van der Waals surface area contributed by atoms with E-state index in [4.69, 9.17) is 0 Å². The Morgan fingerprint density at radius 3 is 1.94 bits per heavy atom. The van der Waals surface area contributed by atoms with Gasteiger partial charge in [0.05, 0.1) is 0 Å². The Kier molecular flexibility index (Phi) is 5.70. The summed E-state index contributed by atoms with van der Waals surface area (Å²) >= 11 is 0. The van der Waals surface area contributed by atoms with Gasteiger partial charge in [-0.3, -0.25) is 4.90 Å². The first-order valence-corrected chi connectivity index (χ1v) is 6.88. The van der Waals surface area contributed by atoms with Crippen LogP contribution < -0.4 is 0 Å². The van der Waals surface area contributed by atoms with Crippen LogP contribution in [0.5, 0.6) is 0 Å². The average molecular weight is 233 g/mol. The number of hydrogen-bond acceptors (Lipinski definition) is 1. The fourth-order valence-corrected chi connectivity index (χ4v) is 2.83. The molecule has 1 aromatic carbocycles. The van der Waals surface area contributed by atoms with Gasteiger partial charge in [0.25, 0.3) is 0 Å². The second-order valence-corrected chi connectivity index (χ2v) is 5.24. The normalized spacial score (nSPS) is 13.6. The Balaban J connectivity index is 2.94. The van der Waals surface area contributed by atoms with Gasteiger partial charge in [0.2, 0.25) is 0 Å². The molecule has 96 valence electrons. The molecule has 17 heavy (non-hydrogen) atoms. The molecule has 0 fully saturated rings. The largest absolute Gasteiger partial charge is 0.296 e. The van der Waals surface area contributed by atoms with Gasteiger partial charge >= 0.3 is 0 Å². The third-order valence-corrected chi connectivity index (χ3v) is 3.73. The lowest BCUT2D eigenvalue weighted by atomic mass is 9.92. The van der Waals surface area contributed by atoms with E-state index < -0.39 is 0 Å². The van der Waals surface area contributed by atoms with E-state index in [-0.39, 0.29) is 0 Å². The lowest BCUT2D eigenvalue weighted by Gasteiger charge is -2.37. The van der Waals surface area contributed by atoms with Crippen molar-refractivity contribution in [2.45, 2.75) is 52.6 Å². The summed E-state index contributed by atoms with van der Waals surface area (Å²) < 4.78 is 0. The van der Waals surface area contributed by atoms with Gasteiger partial charge in [-0.15, -0.1) is 0 Å². The quantitative estimate of drug-likeness (QED) is 0.699. The highest BCUT2D eigenvalue weighted by Gasteiger charge is 2.24. The lowest BCUT2D eigenvalue weighted by Crippen LogP contribution is -2.36. The Labute approximate surface area is 107 Å². The fraction of sp³-hybridized carbons (Fsp3) is 0.625. The molecule has 1 rings (SSSR count). The van der Waals surface area contributed by atoms with Crippen molar-refractivity contribution in [1.29, 1.82) is 0 Å². The van der Waals surface area contributed by atoms with Crippen LogP contribution in [0.4, 0.5) is 0 Å². The second-order valence-electron chi connectivity index (χ2n) is 5.24. The van der Waals surface area contributed by atoms with Gasteiger partial charge in [0, 0.05) is 12.1 Å². The summed E-state index contributed by atoms with van der Waals surface area (Å²) in [6.07, 6.45) is 2.45. The van der Waals surface area contributed by atoms with Crippen molar-refractivity contribution in [3.05, 3.63) is 35.9 Å². The summed E-state index contributed by atoms with van der Waals surface area (Å²) in [5, 5.41) is 0. The van der Waals surface area contributed by atoms with Crippen LogP contribution in [0.2, 0.25) is 0 Å². The molecule has 0 aliphatic carbocycles. The predicted octanol–water partition coefficient (Wildman–Crippen LogP) is 4.50. The van der Waals surface area contributed by atoms with Crippen molar-refractivity contribution in [3.8, 4) is 0 Å². The molecule has 1 nitrogen and oxygen atoms in total. The van der Waals surface area contributed by atoms with E-state index in [1.165, 1.54) is 18.4 Å². The zero-order valence-electron chi connectivity index (χ0n) is 12.0. The van der Waals surface area contributed by atoms with E-state index in [0.717, 1.165) is 0 Å².